The second kappa shape index (κ2) is 9.25. The molecule has 1 amide bonds. The second-order valence-electron chi connectivity index (χ2n) is 6.14. The molecule has 0 aliphatic carbocycles. The number of rotatable bonds is 8. The molecule has 0 saturated heterocycles. The first-order valence-electron chi connectivity index (χ1n) is 8.39. The lowest BCUT2D eigenvalue weighted by Gasteiger charge is -2.17. The van der Waals surface area contributed by atoms with Crippen LogP contribution >= 0.6 is 11.8 Å². The highest BCUT2D eigenvalue weighted by Crippen LogP contribution is 2.28. The molecule has 0 fully saturated rings. The van der Waals surface area contributed by atoms with E-state index in [1.54, 1.807) is 13.0 Å². The number of aryl methyl sites for hydroxylation is 1. The van der Waals surface area contributed by atoms with Crippen molar-refractivity contribution in [2.75, 3.05) is 18.2 Å². The van der Waals surface area contributed by atoms with Gasteiger partial charge in [-0.1, -0.05) is 18.2 Å². The fourth-order valence-corrected chi connectivity index (χ4v) is 4.23. The van der Waals surface area contributed by atoms with Gasteiger partial charge in [0.1, 0.15) is 12.4 Å². The monoisotopic (exact) mass is 408 g/mol. The average Bonchev–Trinajstić information content (AvgIpc) is 2.60. The number of anilines is 1. The summed E-state index contributed by atoms with van der Waals surface area (Å²) >= 11 is 1.43. The van der Waals surface area contributed by atoms with Crippen molar-refractivity contribution in [1.29, 1.82) is 0 Å². The summed E-state index contributed by atoms with van der Waals surface area (Å²) in [6, 6.07) is 11.8. The quantitative estimate of drug-likeness (QED) is 0.654. The predicted octanol–water partition coefficient (Wildman–Crippen LogP) is 3.42. The van der Waals surface area contributed by atoms with Crippen LogP contribution in [0.4, 0.5) is 5.69 Å². The van der Waals surface area contributed by atoms with Crippen LogP contribution in [0.5, 0.6) is 5.75 Å². The third kappa shape index (κ3) is 5.98. The van der Waals surface area contributed by atoms with E-state index in [0.29, 0.717) is 5.69 Å². The summed E-state index contributed by atoms with van der Waals surface area (Å²) in [7, 11) is -3.75. The number of ether oxygens (including phenoxy) is 1. The van der Waals surface area contributed by atoms with Crippen LogP contribution in [0.2, 0.25) is 0 Å². The third-order valence-electron chi connectivity index (χ3n) is 3.73. The number of hydrogen-bond donors (Lipinski definition) is 2. The molecule has 8 heteroatoms. The van der Waals surface area contributed by atoms with E-state index in [-0.39, 0.29) is 17.4 Å². The number of nitrogens with one attached hydrogen (secondary N) is 2. The van der Waals surface area contributed by atoms with Gasteiger partial charge in [-0.2, -0.15) is 0 Å². The number of benzene rings is 2. The SMILES string of the molecule is CSc1ccc(S(=O)(=O)NC(C)COc2ccccc2C)cc1NC(C)=O. The first-order chi connectivity index (χ1) is 12.7. The van der Waals surface area contributed by atoms with Crippen molar-refractivity contribution in [3.63, 3.8) is 0 Å². The molecule has 1 atom stereocenters. The van der Waals surface area contributed by atoms with Crippen LogP contribution in [-0.4, -0.2) is 33.2 Å². The Hall–Kier alpha value is -2.03. The summed E-state index contributed by atoms with van der Waals surface area (Å²) in [5, 5.41) is 2.67. The van der Waals surface area contributed by atoms with Gasteiger partial charge in [0.2, 0.25) is 15.9 Å². The van der Waals surface area contributed by atoms with Crippen LogP contribution in [0, 0.1) is 6.92 Å². The second-order valence-corrected chi connectivity index (χ2v) is 8.70. The zero-order chi connectivity index (χ0) is 20.0. The van der Waals surface area contributed by atoms with Gasteiger partial charge in [-0.25, -0.2) is 13.1 Å². The summed E-state index contributed by atoms with van der Waals surface area (Å²) < 4.78 is 33.7. The van der Waals surface area contributed by atoms with E-state index in [9.17, 15) is 13.2 Å². The van der Waals surface area contributed by atoms with E-state index in [2.05, 4.69) is 10.0 Å². The molecule has 146 valence electrons. The molecular formula is C19H24N2O4S2. The van der Waals surface area contributed by atoms with Gasteiger partial charge in [-0.05, 0) is 49.9 Å². The molecule has 2 N–H and O–H groups in total. The molecule has 0 spiro atoms. The summed E-state index contributed by atoms with van der Waals surface area (Å²) in [6.45, 7) is 5.25. The fourth-order valence-electron chi connectivity index (χ4n) is 2.44. The minimum atomic E-state index is -3.75. The summed E-state index contributed by atoms with van der Waals surface area (Å²) in [6.07, 6.45) is 1.86. The molecule has 27 heavy (non-hydrogen) atoms. The summed E-state index contributed by atoms with van der Waals surface area (Å²) in [4.78, 5) is 12.2. The van der Waals surface area contributed by atoms with Gasteiger partial charge in [0.05, 0.1) is 16.6 Å². The molecule has 0 bridgehead atoms. The van der Waals surface area contributed by atoms with Crippen molar-refractivity contribution in [3.05, 3.63) is 48.0 Å². The topological polar surface area (TPSA) is 84.5 Å². The lowest BCUT2D eigenvalue weighted by Crippen LogP contribution is -2.36. The van der Waals surface area contributed by atoms with Gasteiger partial charge in [0.25, 0.3) is 0 Å². The number of amides is 1. The van der Waals surface area contributed by atoms with Crippen molar-refractivity contribution in [2.24, 2.45) is 0 Å². The highest BCUT2D eigenvalue weighted by Gasteiger charge is 2.19. The first-order valence-corrected chi connectivity index (χ1v) is 11.1. The highest BCUT2D eigenvalue weighted by atomic mass is 32.2. The van der Waals surface area contributed by atoms with Crippen LogP contribution < -0.4 is 14.8 Å². The Kier molecular flexibility index (Phi) is 7.29. The van der Waals surface area contributed by atoms with E-state index >= 15 is 0 Å². The molecule has 0 heterocycles. The maximum absolute atomic E-state index is 12.7. The average molecular weight is 409 g/mol. The number of sulfonamides is 1. The Morgan fingerprint density at radius 3 is 2.56 bits per heavy atom. The number of para-hydroxylation sites is 1. The zero-order valence-electron chi connectivity index (χ0n) is 15.8. The Morgan fingerprint density at radius 1 is 1.22 bits per heavy atom. The minimum absolute atomic E-state index is 0.0896. The zero-order valence-corrected chi connectivity index (χ0v) is 17.4. The molecule has 0 saturated carbocycles. The van der Waals surface area contributed by atoms with Gasteiger partial charge >= 0.3 is 0 Å². The van der Waals surface area contributed by atoms with Crippen molar-refractivity contribution < 1.29 is 17.9 Å². The largest absolute Gasteiger partial charge is 0.492 e. The molecule has 2 rings (SSSR count). The summed E-state index contributed by atoms with van der Waals surface area (Å²) in [5.74, 6) is 0.466. The lowest BCUT2D eigenvalue weighted by molar-refractivity contribution is -0.114. The van der Waals surface area contributed by atoms with E-state index in [1.807, 2.05) is 37.4 Å². The van der Waals surface area contributed by atoms with Gasteiger partial charge in [0, 0.05) is 11.8 Å². The molecule has 6 nitrogen and oxygen atoms in total. The van der Waals surface area contributed by atoms with Crippen LogP contribution in [0.25, 0.3) is 0 Å². The maximum atomic E-state index is 12.7. The smallest absolute Gasteiger partial charge is 0.241 e. The molecular weight excluding hydrogens is 384 g/mol. The molecule has 2 aromatic carbocycles. The maximum Gasteiger partial charge on any atom is 0.241 e. The summed E-state index contributed by atoms with van der Waals surface area (Å²) in [5.41, 5.74) is 1.46. The standard InChI is InChI=1S/C19H24N2O4S2/c1-13-7-5-6-8-18(13)25-12-14(2)21-27(23,24)16-9-10-19(26-4)17(11-16)20-15(3)22/h5-11,14,21H,12H2,1-4H3,(H,20,22). The predicted molar refractivity (Wildman–Crippen MR) is 109 cm³/mol. The number of thioether (sulfide) groups is 1. The minimum Gasteiger partial charge on any atom is -0.492 e. The van der Waals surface area contributed by atoms with Crippen molar-refractivity contribution >= 4 is 33.4 Å². The molecule has 0 aromatic heterocycles. The van der Waals surface area contributed by atoms with Gasteiger partial charge in [-0.15, -0.1) is 11.8 Å². The van der Waals surface area contributed by atoms with E-state index in [4.69, 9.17) is 4.74 Å². The van der Waals surface area contributed by atoms with E-state index < -0.39 is 16.1 Å². The van der Waals surface area contributed by atoms with Crippen molar-refractivity contribution in [1.82, 2.24) is 4.72 Å². The molecule has 2 aromatic rings. The Balaban J connectivity index is 2.11. The molecule has 0 aliphatic rings. The van der Waals surface area contributed by atoms with Crippen LogP contribution in [0.3, 0.4) is 0 Å². The first kappa shape index (κ1) is 21.3. The van der Waals surface area contributed by atoms with E-state index in [0.717, 1.165) is 16.2 Å². The molecule has 0 radical (unpaired) electrons. The van der Waals surface area contributed by atoms with Gasteiger partial charge in [0.15, 0.2) is 0 Å². The lowest BCUT2D eigenvalue weighted by atomic mass is 10.2. The number of hydrogen-bond acceptors (Lipinski definition) is 5. The number of carbonyl (C=O) groups is 1. The third-order valence-corrected chi connectivity index (χ3v) is 6.11. The Morgan fingerprint density at radius 2 is 1.93 bits per heavy atom. The van der Waals surface area contributed by atoms with Crippen molar-refractivity contribution in [3.8, 4) is 5.75 Å². The van der Waals surface area contributed by atoms with Crippen molar-refractivity contribution in [2.45, 2.75) is 36.6 Å². The fraction of sp³-hybridized carbons (Fsp3) is 0.316. The van der Waals surface area contributed by atoms with Crippen LogP contribution in [-0.2, 0) is 14.8 Å². The van der Waals surface area contributed by atoms with E-state index in [1.165, 1.54) is 30.8 Å². The van der Waals surface area contributed by atoms with Crippen LogP contribution in [0.1, 0.15) is 19.4 Å². The Labute approximate surface area is 164 Å². The molecule has 1 unspecified atom stereocenters. The van der Waals surface area contributed by atoms with Gasteiger partial charge < -0.3 is 10.1 Å². The molecule has 0 aliphatic heterocycles. The van der Waals surface area contributed by atoms with Gasteiger partial charge in [-0.3, -0.25) is 4.79 Å². The number of carbonyl (C=O) groups excluding carboxylic acids is 1. The Bertz CT molecular complexity index is 914. The normalized spacial score (nSPS) is 12.4. The highest BCUT2D eigenvalue weighted by molar-refractivity contribution is 7.98. The van der Waals surface area contributed by atoms with Crippen LogP contribution in [0.15, 0.2) is 52.3 Å².